The molecule has 2 heteroatoms. The largest absolute Gasteiger partial charge is 0.463 e. The molecule has 0 atom stereocenters. The van der Waals surface area contributed by atoms with E-state index in [9.17, 15) is 4.79 Å². The zero-order valence-electron chi connectivity index (χ0n) is 18.6. The molecule has 0 aliphatic heterocycles. The van der Waals surface area contributed by atoms with E-state index < -0.39 is 0 Å². The molecule has 0 N–H and O–H groups in total. The molecule has 0 heterocycles. The Morgan fingerprint density at radius 2 is 1.30 bits per heavy atom. The number of carbonyl (C=O) groups is 1. The van der Waals surface area contributed by atoms with Crippen LogP contribution >= 0.6 is 0 Å². The number of allylic oxidation sites excluding steroid dienone is 5. The van der Waals surface area contributed by atoms with Gasteiger partial charge in [-0.3, -0.25) is 0 Å². The Morgan fingerprint density at radius 3 is 1.74 bits per heavy atom. The summed E-state index contributed by atoms with van der Waals surface area (Å²) in [4.78, 5) is 12.1. The first-order chi connectivity index (χ1) is 13.0. The van der Waals surface area contributed by atoms with E-state index in [4.69, 9.17) is 4.74 Å². The molecule has 0 aromatic carbocycles. The van der Waals surface area contributed by atoms with Crippen LogP contribution < -0.4 is 0 Å². The summed E-state index contributed by atoms with van der Waals surface area (Å²) >= 11 is 0. The zero-order valence-corrected chi connectivity index (χ0v) is 18.6. The van der Waals surface area contributed by atoms with Crippen LogP contribution in [0, 0.1) is 0 Å². The Morgan fingerprint density at radius 1 is 0.815 bits per heavy atom. The normalized spacial score (nSPS) is 12.9. The van der Waals surface area contributed by atoms with Crippen LogP contribution in [0.3, 0.4) is 0 Å². The van der Waals surface area contributed by atoms with Crippen LogP contribution in [-0.2, 0) is 9.53 Å². The van der Waals surface area contributed by atoms with Gasteiger partial charge in [0.2, 0.25) is 0 Å². The Hall–Kier alpha value is -1.57. The molecule has 0 spiro atoms. The summed E-state index contributed by atoms with van der Waals surface area (Å²) in [6.45, 7) is 19.2. The molecule has 0 aliphatic carbocycles. The van der Waals surface area contributed by atoms with Gasteiger partial charge < -0.3 is 4.74 Å². The molecule has 0 amide bonds. The van der Waals surface area contributed by atoms with Gasteiger partial charge in [-0.2, -0.15) is 0 Å². The quantitative estimate of drug-likeness (QED) is 0.126. The summed E-state index contributed by atoms with van der Waals surface area (Å²) in [5.74, 6) is -0.261. The summed E-state index contributed by atoms with van der Waals surface area (Å²) in [5, 5.41) is 0. The van der Waals surface area contributed by atoms with Crippen molar-refractivity contribution in [3.63, 3.8) is 0 Å². The zero-order chi connectivity index (χ0) is 20.7. The van der Waals surface area contributed by atoms with Crippen molar-refractivity contribution in [3.8, 4) is 0 Å². The summed E-state index contributed by atoms with van der Waals surface area (Å²) in [5.41, 5.74) is 6.45. The van der Waals surface area contributed by atoms with E-state index in [1.165, 1.54) is 22.3 Å². The second kappa shape index (κ2) is 15.5. The summed E-state index contributed by atoms with van der Waals surface area (Å²) in [6, 6.07) is 0. The lowest BCUT2D eigenvalue weighted by molar-refractivity contribution is -0.138. The molecule has 0 radical (unpaired) electrons. The Labute approximate surface area is 168 Å². The lowest BCUT2D eigenvalue weighted by Crippen LogP contribution is -2.09. The molecule has 0 bridgehead atoms. The third kappa shape index (κ3) is 9.26. The fourth-order valence-electron chi connectivity index (χ4n) is 3.64. The molecular formula is C25H42O2. The predicted molar refractivity (Wildman–Crippen MR) is 119 cm³/mol. The fraction of sp³-hybridized carbons (Fsp3) is 0.640. The van der Waals surface area contributed by atoms with Gasteiger partial charge in [-0.1, -0.05) is 77.2 Å². The van der Waals surface area contributed by atoms with Gasteiger partial charge in [0.25, 0.3) is 0 Å². The van der Waals surface area contributed by atoms with Gasteiger partial charge in [-0.15, -0.1) is 6.58 Å². The standard InChI is InChI=1S/C25H42O2/c1-8-14-21(15-9-2)23(17-11-4)24(18-12-5)22(16-10-3)19-20(7)25(26)27-13-6/h8H,1,7,9-19H2,2-6H3/b23-21+,24-22+. The molecule has 0 saturated carbocycles. The lowest BCUT2D eigenvalue weighted by atomic mass is 9.84. The lowest BCUT2D eigenvalue weighted by Gasteiger charge is -2.22. The van der Waals surface area contributed by atoms with Crippen molar-refractivity contribution in [1.82, 2.24) is 0 Å². The Bertz CT molecular complexity index is 535. The van der Waals surface area contributed by atoms with Gasteiger partial charge in [0.05, 0.1) is 6.61 Å². The number of rotatable bonds is 15. The average Bonchev–Trinajstić information content (AvgIpc) is 2.64. The SMILES string of the molecule is C=CC/C(CCC)=C(CCC)\C(CCC)=C(/CCC)CC(=C)C(=O)OCC. The number of carbonyl (C=O) groups excluding carboxylic acids is 1. The molecule has 0 rings (SSSR count). The molecule has 2 nitrogen and oxygen atoms in total. The number of hydrogen-bond donors (Lipinski definition) is 0. The van der Waals surface area contributed by atoms with Gasteiger partial charge >= 0.3 is 5.97 Å². The van der Waals surface area contributed by atoms with Crippen LogP contribution in [0.15, 0.2) is 47.1 Å². The molecule has 0 aliphatic rings. The van der Waals surface area contributed by atoms with E-state index >= 15 is 0 Å². The monoisotopic (exact) mass is 374 g/mol. The summed E-state index contributed by atoms with van der Waals surface area (Å²) < 4.78 is 5.17. The second-order valence-corrected chi connectivity index (χ2v) is 7.16. The summed E-state index contributed by atoms with van der Waals surface area (Å²) in [6.07, 6.45) is 12.3. The molecule has 0 unspecified atom stereocenters. The van der Waals surface area contributed by atoms with Crippen LogP contribution in [0.5, 0.6) is 0 Å². The van der Waals surface area contributed by atoms with Gasteiger partial charge in [0.15, 0.2) is 0 Å². The van der Waals surface area contributed by atoms with Crippen molar-refractivity contribution < 1.29 is 9.53 Å². The first-order valence-corrected chi connectivity index (χ1v) is 10.9. The smallest absolute Gasteiger partial charge is 0.333 e. The van der Waals surface area contributed by atoms with Crippen molar-refractivity contribution in [3.05, 3.63) is 47.1 Å². The molecule has 0 aromatic rings. The van der Waals surface area contributed by atoms with Crippen molar-refractivity contribution in [2.24, 2.45) is 0 Å². The van der Waals surface area contributed by atoms with Gasteiger partial charge in [0, 0.05) is 12.0 Å². The Kier molecular flexibility index (Phi) is 14.6. The van der Waals surface area contributed by atoms with E-state index in [1.54, 1.807) is 0 Å². The fourth-order valence-corrected chi connectivity index (χ4v) is 3.64. The molecule has 0 aromatic heterocycles. The van der Waals surface area contributed by atoms with Crippen molar-refractivity contribution in [1.29, 1.82) is 0 Å². The van der Waals surface area contributed by atoms with E-state index in [-0.39, 0.29) is 5.97 Å². The van der Waals surface area contributed by atoms with Crippen molar-refractivity contribution >= 4 is 5.97 Å². The maximum atomic E-state index is 12.1. The maximum absolute atomic E-state index is 12.1. The van der Waals surface area contributed by atoms with Crippen molar-refractivity contribution in [2.45, 2.75) is 98.8 Å². The van der Waals surface area contributed by atoms with Gasteiger partial charge in [0.1, 0.15) is 0 Å². The highest BCUT2D eigenvalue weighted by Gasteiger charge is 2.17. The average molecular weight is 375 g/mol. The van der Waals surface area contributed by atoms with E-state index in [0.29, 0.717) is 18.6 Å². The number of ether oxygens (including phenoxy) is 1. The van der Waals surface area contributed by atoms with Crippen LogP contribution in [-0.4, -0.2) is 12.6 Å². The van der Waals surface area contributed by atoms with Crippen LogP contribution in [0.1, 0.15) is 98.8 Å². The van der Waals surface area contributed by atoms with E-state index in [2.05, 4.69) is 40.9 Å². The minimum atomic E-state index is -0.261. The molecule has 0 fully saturated rings. The molecule has 27 heavy (non-hydrogen) atoms. The van der Waals surface area contributed by atoms with Crippen molar-refractivity contribution in [2.75, 3.05) is 6.61 Å². The van der Waals surface area contributed by atoms with Gasteiger partial charge in [-0.05, 0) is 50.2 Å². The summed E-state index contributed by atoms with van der Waals surface area (Å²) in [7, 11) is 0. The second-order valence-electron chi connectivity index (χ2n) is 7.16. The first-order valence-electron chi connectivity index (χ1n) is 10.9. The Balaban J connectivity index is 6.23. The third-order valence-electron chi connectivity index (χ3n) is 4.70. The first kappa shape index (κ1) is 25.4. The predicted octanol–water partition coefficient (Wildman–Crippen LogP) is 7.87. The number of hydrogen-bond acceptors (Lipinski definition) is 2. The highest BCUT2D eigenvalue weighted by Crippen LogP contribution is 2.34. The van der Waals surface area contributed by atoms with Crippen LogP contribution in [0.25, 0.3) is 0 Å². The maximum Gasteiger partial charge on any atom is 0.333 e. The van der Waals surface area contributed by atoms with Crippen LogP contribution in [0.4, 0.5) is 0 Å². The minimum Gasteiger partial charge on any atom is -0.463 e. The highest BCUT2D eigenvalue weighted by molar-refractivity contribution is 5.88. The van der Waals surface area contributed by atoms with Crippen LogP contribution in [0.2, 0.25) is 0 Å². The topological polar surface area (TPSA) is 26.3 Å². The molecule has 154 valence electrons. The van der Waals surface area contributed by atoms with E-state index in [1.807, 2.05) is 13.0 Å². The molecule has 0 saturated heterocycles. The van der Waals surface area contributed by atoms with Gasteiger partial charge in [-0.25, -0.2) is 4.79 Å². The third-order valence-corrected chi connectivity index (χ3v) is 4.70. The highest BCUT2D eigenvalue weighted by atomic mass is 16.5. The number of esters is 1. The minimum absolute atomic E-state index is 0.261. The molecular weight excluding hydrogens is 332 g/mol. The van der Waals surface area contributed by atoms with E-state index in [0.717, 1.165) is 57.8 Å².